The summed E-state index contributed by atoms with van der Waals surface area (Å²) in [4.78, 5) is 8.16. The van der Waals surface area contributed by atoms with E-state index in [4.69, 9.17) is 0 Å². The van der Waals surface area contributed by atoms with E-state index >= 15 is 0 Å². The molecular formula is C10H18N4. The van der Waals surface area contributed by atoms with Crippen LogP contribution >= 0.6 is 0 Å². The lowest BCUT2D eigenvalue weighted by molar-refractivity contribution is 0.601. The van der Waals surface area contributed by atoms with Crippen molar-refractivity contribution >= 4 is 0 Å². The second kappa shape index (κ2) is 7.41. The van der Waals surface area contributed by atoms with Crippen molar-refractivity contribution in [3.05, 3.63) is 24.3 Å². The number of nitrogens with one attached hydrogen (secondary N) is 2. The van der Waals surface area contributed by atoms with Gasteiger partial charge in [0.25, 0.3) is 0 Å². The van der Waals surface area contributed by atoms with Gasteiger partial charge in [-0.05, 0) is 13.0 Å². The normalized spacial score (nSPS) is 10.4. The van der Waals surface area contributed by atoms with E-state index in [0.717, 1.165) is 31.9 Å². The average Bonchev–Trinajstić information content (AvgIpc) is 2.25. The van der Waals surface area contributed by atoms with Gasteiger partial charge >= 0.3 is 0 Å². The van der Waals surface area contributed by atoms with E-state index in [-0.39, 0.29) is 0 Å². The van der Waals surface area contributed by atoms with E-state index in [1.165, 1.54) is 6.42 Å². The summed E-state index contributed by atoms with van der Waals surface area (Å²) in [5, 5.41) is 6.62. The summed E-state index contributed by atoms with van der Waals surface area (Å²) in [6.07, 6.45) is 6.37. The van der Waals surface area contributed by atoms with Crippen molar-refractivity contribution in [1.82, 2.24) is 20.6 Å². The fraction of sp³-hybridized carbons (Fsp3) is 0.600. The molecule has 1 rings (SSSR count). The van der Waals surface area contributed by atoms with Gasteiger partial charge in [0.05, 0.1) is 5.69 Å². The van der Waals surface area contributed by atoms with Crippen molar-refractivity contribution in [2.45, 2.75) is 19.9 Å². The minimum atomic E-state index is 0.793. The molecule has 0 radical (unpaired) electrons. The van der Waals surface area contributed by atoms with Crippen LogP contribution in [0.15, 0.2) is 18.6 Å². The molecule has 0 saturated carbocycles. The van der Waals surface area contributed by atoms with Gasteiger partial charge in [-0.25, -0.2) is 0 Å². The zero-order valence-corrected chi connectivity index (χ0v) is 8.66. The van der Waals surface area contributed by atoms with Crippen LogP contribution in [0.4, 0.5) is 0 Å². The van der Waals surface area contributed by atoms with E-state index in [1.54, 1.807) is 18.6 Å². The molecule has 1 aromatic heterocycles. The standard InChI is InChI=1S/C10H18N4/c1-2-3-11-4-5-12-8-10-9-13-6-7-14-10/h6-7,9,11-12H,2-5,8H2,1H3. The van der Waals surface area contributed by atoms with Crippen molar-refractivity contribution in [2.75, 3.05) is 19.6 Å². The maximum absolute atomic E-state index is 4.17. The predicted octanol–water partition coefficient (Wildman–Crippen LogP) is 0.566. The van der Waals surface area contributed by atoms with Gasteiger partial charge in [-0.1, -0.05) is 6.92 Å². The van der Waals surface area contributed by atoms with Crippen LogP contribution in [0.3, 0.4) is 0 Å². The molecular weight excluding hydrogens is 176 g/mol. The summed E-state index contributed by atoms with van der Waals surface area (Å²) >= 11 is 0. The van der Waals surface area contributed by atoms with E-state index in [0.29, 0.717) is 0 Å². The van der Waals surface area contributed by atoms with Gasteiger partial charge in [0, 0.05) is 38.2 Å². The Morgan fingerprint density at radius 1 is 1.14 bits per heavy atom. The second-order valence-corrected chi connectivity index (χ2v) is 3.12. The second-order valence-electron chi connectivity index (χ2n) is 3.12. The molecule has 1 heterocycles. The van der Waals surface area contributed by atoms with Gasteiger partial charge in [0.1, 0.15) is 0 Å². The first-order valence-corrected chi connectivity index (χ1v) is 5.10. The topological polar surface area (TPSA) is 49.8 Å². The summed E-state index contributed by atoms with van der Waals surface area (Å²) in [6.45, 7) is 6.03. The Balaban J connectivity index is 1.99. The fourth-order valence-corrected chi connectivity index (χ4v) is 1.12. The lowest BCUT2D eigenvalue weighted by Crippen LogP contribution is -2.27. The minimum absolute atomic E-state index is 0.793. The quantitative estimate of drug-likeness (QED) is 0.623. The fourth-order valence-electron chi connectivity index (χ4n) is 1.12. The molecule has 2 N–H and O–H groups in total. The number of aromatic nitrogens is 2. The summed E-state index contributed by atoms with van der Waals surface area (Å²) in [5.41, 5.74) is 0.989. The van der Waals surface area contributed by atoms with Crippen molar-refractivity contribution in [3.63, 3.8) is 0 Å². The van der Waals surface area contributed by atoms with Crippen LogP contribution in [0.2, 0.25) is 0 Å². The molecule has 0 aliphatic heterocycles. The highest BCUT2D eigenvalue weighted by Gasteiger charge is 1.91. The molecule has 0 fully saturated rings. The molecule has 14 heavy (non-hydrogen) atoms. The monoisotopic (exact) mass is 194 g/mol. The highest BCUT2D eigenvalue weighted by Crippen LogP contribution is 1.87. The summed E-state index contributed by atoms with van der Waals surface area (Å²) in [7, 11) is 0. The van der Waals surface area contributed by atoms with Crippen LogP contribution in [0.1, 0.15) is 19.0 Å². The maximum Gasteiger partial charge on any atom is 0.0724 e. The molecule has 0 unspecified atom stereocenters. The first-order chi connectivity index (χ1) is 6.93. The third-order valence-electron chi connectivity index (χ3n) is 1.83. The summed E-state index contributed by atoms with van der Waals surface area (Å²) < 4.78 is 0. The number of hydrogen-bond donors (Lipinski definition) is 2. The van der Waals surface area contributed by atoms with Crippen molar-refractivity contribution in [2.24, 2.45) is 0 Å². The molecule has 1 aromatic rings. The molecule has 78 valence electrons. The molecule has 0 atom stereocenters. The Kier molecular flexibility index (Phi) is 5.86. The van der Waals surface area contributed by atoms with Gasteiger partial charge in [0.2, 0.25) is 0 Å². The smallest absolute Gasteiger partial charge is 0.0724 e. The Labute approximate surface area is 85.2 Å². The first kappa shape index (κ1) is 11.1. The van der Waals surface area contributed by atoms with Crippen molar-refractivity contribution < 1.29 is 0 Å². The average molecular weight is 194 g/mol. The van der Waals surface area contributed by atoms with Crippen LogP contribution in [0.25, 0.3) is 0 Å². The zero-order chi connectivity index (χ0) is 10.1. The van der Waals surface area contributed by atoms with Gasteiger partial charge in [-0.2, -0.15) is 0 Å². The third-order valence-corrected chi connectivity index (χ3v) is 1.83. The number of nitrogens with zero attached hydrogens (tertiary/aromatic N) is 2. The summed E-state index contributed by atoms with van der Waals surface area (Å²) in [6, 6.07) is 0. The van der Waals surface area contributed by atoms with E-state index in [1.807, 2.05) is 0 Å². The van der Waals surface area contributed by atoms with E-state index < -0.39 is 0 Å². The predicted molar refractivity (Wildman–Crippen MR) is 56.9 cm³/mol. The SMILES string of the molecule is CCCNCCNCc1cnccn1. The molecule has 0 aliphatic rings. The number of rotatable bonds is 7. The highest BCUT2D eigenvalue weighted by atomic mass is 14.9. The van der Waals surface area contributed by atoms with E-state index in [9.17, 15) is 0 Å². The minimum Gasteiger partial charge on any atom is -0.315 e. The highest BCUT2D eigenvalue weighted by molar-refractivity contribution is 4.93. The van der Waals surface area contributed by atoms with Crippen LogP contribution in [-0.4, -0.2) is 29.6 Å². The Morgan fingerprint density at radius 2 is 2.00 bits per heavy atom. The number of hydrogen-bond acceptors (Lipinski definition) is 4. The van der Waals surface area contributed by atoms with Gasteiger partial charge < -0.3 is 10.6 Å². The van der Waals surface area contributed by atoms with E-state index in [2.05, 4.69) is 27.5 Å². The van der Waals surface area contributed by atoms with Gasteiger partial charge in [0.15, 0.2) is 0 Å². The molecule has 4 nitrogen and oxygen atoms in total. The molecule has 4 heteroatoms. The third kappa shape index (κ3) is 4.89. The Hall–Kier alpha value is -1.00. The van der Waals surface area contributed by atoms with Crippen LogP contribution in [0, 0.1) is 0 Å². The van der Waals surface area contributed by atoms with Crippen LogP contribution < -0.4 is 10.6 Å². The first-order valence-electron chi connectivity index (χ1n) is 5.10. The molecule has 0 spiro atoms. The molecule has 0 saturated heterocycles. The van der Waals surface area contributed by atoms with Crippen molar-refractivity contribution in [1.29, 1.82) is 0 Å². The molecule has 0 aromatic carbocycles. The van der Waals surface area contributed by atoms with Crippen molar-refractivity contribution in [3.8, 4) is 0 Å². The largest absolute Gasteiger partial charge is 0.315 e. The maximum atomic E-state index is 4.17. The lowest BCUT2D eigenvalue weighted by atomic mass is 10.4. The summed E-state index contributed by atoms with van der Waals surface area (Å²) in [5.74, 6) is 0. The molecule has 0 bridgehead atoms. The Bertz CT molecular complexity index is 225. The van der Waals surface area contributed by atoms with Crippen LogP contribution in [-0.2, 0) is 6.54 Å². The Morgan fingerprint density at radius 3 is 2.71 bits per heavy atom. The molecule has 0 aliphatic carbocycles. The lowest BCUT2D eigenvalue weighted by Gasteiger charge is -2.04. The van der Waals surface area contributed by atoms with Crippen LogP contribution in [0.5, 0.6) is 0 Å². The zero-order valence-electron chi connectivity index (χ0n) is 8.66. The van der Waals surface area contributed by atoms with Gasteiger partial charge in [-0.3, -0.25) is 9.97 Å². The van der Waals surface area contributed by atoms with Gasteiger partial charge in [-0.15, -0.1) is 0 Å². The molecule has 0 amide bonds.